The highest BCUT2D eigenvalue weighted by Crippen LogP contribution is 2.45. The first kappa shape index (κ1) is 19.2. The molecule has 0 aliphatic heterocycles. The highest BCUT2D eigenvalue weighted by atomic mass is 16.5. The lowest BCUT2D eigenvalue weighted by atomic mass is 9.76. The summed E-state index contributed by atoms with van der Waals surface area (Å²) in [5.74, 6) is 0.446. The fraction of sp³-hybridized carbons (Fsp3) is 0.222. The van der Waals surface area contributed by atoms with Gasteiger partial charge in [0.25, 0.3) is 0 Å². The molecule has 2 unspecified atom stereocenters. The van der Waals surface area contributed by atoms with E-state index in [2.05, 4.69) is 83.6 Å². The molecule has 0 saturated carbocycles. The van der Waals surface area contributed by atoms with Crippen LogP contribution in [-0.2, 0) is 16.0 Å². The van der Waals surface area contributed by atoms with Gasteiger partial charge >= 0.3 is 5.97 Å². The highest BCUT2D eigenvalue weighted by Gasteiger charge is 2.30. The number of benzene rings is 3. The van der Waals surface area contributed by atoms with Crippen molar-refractivity contribution in [2.45, 2.75) is 31.1 Å². The summed E-state index contributed by atoms with van der Waals surface area (Å²) in [7, 11) is 1.39. The number of methoxy groups -OCH3 is 1. The van der Waals surface area contributed by atoms with E-state index < -0.39 is 0 Å². The Morgan fingerprint density at radius 3 is 2.38 bits per heavy atom. The Balaban J connectivity index is 1.74. The van der Waals surface area contributed by atoms with Gasteiger partial charge in [0.1, 0.15) is 0 Å². The zero-order chi connectivity index (χ0) is 20.1. The van der Waals surface area contributed by atoms with Crippen LogP contribution in [0.4, 0.5) is 0 Å². The van der Waals surface area contributed by atoms with Gasteiger partial charge in [-0.05, 0) is 59.1 Å². The van der Waals surface area contributed by atoms with E-state index in [1.807, 2.05) is 0 Å². The van der Waals surface area contributed by atoms with Gasteiger partial charge in [0, 0.05) is 12.0 Å². The van der Waals surface area contributed by atoms with E-state index in [4.69, 9.17) is 0 Å². The van der Waals surface area contributed by atoms with Crippen molar-refractivity contribution in [3.63, 3.8) is 0 Å². The van der Waals surface area contributed by atoms with Crippen molar-refractivity contribution < 1.29 is 9.53 Å². The number of esters is 1. The van der Waals surface area contributed by atoms with Gasteiger partial charge in [-0.3, -0.25) is 0 Å². The molecule has 1 aliphatic rings. The number of aryl methyl sites for hydroxylation is 1. The van der Waals surface area contributed by atoms with Gasteiger partial charge in [0.2, 0.25) is 0 Å². The van der Waals surface area contributed by atoms with Crippen LogP contribution < -0.4 is 0 Å². The third-order valence-corrected chi connectivity index (χ3v) is 5.89. The van der Waals surface area contributed by atoms with Crippen molar-refractivity contribution in [1.82, 2.24) is 0 Å². The zero-order valence-corrected chi connectivity index (χ0v) is 16.8. The molecule has 2 heteroatoms. The Hall–Kier alpha value is -3.13. The summed E-state index contributed by atoms with van der Waals surface area (Å²) in [6, 6.07) is 28.4. The molecule has 3 aromatic carbocycles. The lowest BCUT2D eigenvalue weighted by Crippen LogP contribution is -2.12. The molecule has 0 amide bonds. The Bertz CT molecular complexity index is 987. The van der Waals surface area contributed by atoms with Crippen LogP contribution in [0.1, 0.15) is 52.5 Å². The molecule has 0 radical (unpaired) electrons. The molecule has 146 valence electrons. The van der Waals surface area contributed by atoms with Crippen molar-refractivity contribution in [3.8, 4) is 0 Å². The van der Waals surface area contributed by atoms with Crippen LogP contribution in [0.3, 0.4) is 0 Å². The van der Waals surface area contributed by atoms with E-state index in [1.165, 1.54) is 48.3 Å². The molecule has 0 aromatic heterocycles. The lowest BCUT2D eigenvalue weighted by molar-refractivity contribution is -0.134. The first-order valence-electron chi connectivity index (χ1n) is 10.2. The monoisotopic (exact) mass is 382 g/mol. The number of carbonyl (C=O) groups is 1. The molecule has 2 nitrogen and oxygen atoms in total. The van der Waals surface area contributed by atoms with Crippen LogP contribution in [0.25, 0.3) is 6.08 Å². The minimum Gasteiger partial charge on any atom is -0.466 e. The third-order valence-electron chi connectivity index (χ3n) is 5.89. The second kappa shape index (κ2) is 8.91. The van der Waals surface area contributed by atoms with Crippen LogP contribution in [0.15, 0.2) is 84.9 Å². The molecule has 2 atom stereocenters. The Labute approximate surface area is 172 Å². The van der Waals surface area contributed by atoms with Crippen molar-refractivity contribution in [2.24, 2.45) is 0 Å². The summed E-state index contributed by atoms with van der Waals surface area (Å²) in [4.78, 5) is 11.4. The summed E-state index contributed by atoms with van der Waals surface area (Å²) in [5, 5.41) is 0. The minimum absolute atomic E-state index is 0.328. The number of ether oxygens (including phenoxy) is 1. The van der Waals surface area contributed by atoms with Gasteiger partial charge in [-0.25, -0.2) is 4.79 Å². The zero-order valence-electron chi connectivity index (χ0n) is 16.8. The molecule has 0 bridgehead atoms. The lowest BCUT2D eigenvalue weighted by Gasteiger charge is -2.28. The predicted molar refractivity (Wildman–Crippen MR) is 118 cm³/mol. The average Bonchev–Trinajstić information content (AvgIpc) is 2.98. The van der Waals surface area contributed by atoms with Crippen LogP contribution >= 0.6 is 0 Å². The molecule has 1 aliphatic carbocycles. The number of fused-ring (bicyclic) bond motifs is 1. The first-order valence-corrected chi connectivity index (χ1v) is 10.2. The van der Waals surface area contributed by atoms with E-state index in [-0.39, 0.29) is 5.97 Å². The van der Waals surface area contributed by atoms with Gasteiger partial charge in [-0.1, -0.05) is 78.9 Å². The van der Waals surface area contributed by atoms with Crippen LogP contribution in [0, 0.1) is 0 Å². The topological polar surface area (TPSA) is 26.3 Å². The SMILES string of the molecule is COC(=O)C=Cc1ccc(C2c3ccccc3CCCC2c2ccccc2)cc1. The van der Waals surface area contributed by atoms with Crippen molar-refractivity contribution >= 4 is 12.0 Å². The standard InChI is InChI=1S/C27H26O2/c1-29-26(28)19-16-20-14-17-23(18-15-20)27-24-12-6-5-10-22(24)11-7-13-25(27)21-8-3-2-4-9-21/h2-6,8-10,12,14-19,25,27H,7,11,13H2,1H3. The van der Waals surface area contributed by atoms with E-state index in [1.54, 1.807) is 6.08 Å². The smallest absolute Gasteiger partial charge is 0.330 e. The van der Waals surface area contributed by atoms with Crippen molar-refractivity contribution in [2.75, 3.05) is 7.11 Å². The maximum absolute atomic E-state index is 11.4. The number of carbonyl (C=O) groups excluding carboxylic acids is 1. The molecule has 0 fully saturated rings. The Kier molecular flexibility index (Phi) is 5.90. The normalized spacial score (nSPS) is 18.8. The molecular formula is C27H26O2. The number of rotatable bonds is 4. The van der Waals surface area contributed by atoms with Gasteiger partial charge in [-0.15, -0.1) is 0 Å². The van der Waals surface area contributed by atoms with Gasteiger partial charge in [0.05, 0.1) is 7.11 Å². The first-order chi connectivity index (χ1) is 14.3. The van der Waals surface area contributed by atoms with E-state index in [0.29, 0.717) is 11.8 Å². The Morgan fingerprint density at radius 2 is 1.62 bits per heavy atom. The average molecular weight is 383 g/mol. The third kappa shape index (κ3) is 4.32. The molecule has 0 spiro atoms. The molecule has 3 aromatic rings. The summed E-state index contributed by atoms with van der Waals surface area (Å²) < 4.78 is 4.68. The fourth-order valence-electron chi connectivity index (χ4n) is 4.48. The number of hydrogen-bond donors (Lipinski definition) is 0. The van der Waals surface area contributed by atoms with Crippen molar-refractivity contribution in [1.29, 1.82) is 0 Å². The summed E-state index contributed by atoms with van der Waals surface area (Å²) in [5.41, 5.74) is 6.63. The summed E-state index contributed by atoms with van der Waals surface area (Å²) in [6.45, 7) is 0. The quantitative estimate of drug-likeness (QED) is 0.308. The maximum Gasteiger partial charge on any atom is 0.330 e. The molecule has 29 heavy (non-hydrogen) atoms. The second-order valence-electron chi connectivity index (χ2n) is 7.61. The second-order valence-corrected chi connectivity index (χ2v) is 7.61. The minimum atomic E-state index is -0.337. The molecule has 0 saturated heterocycles. The predicted octanol–water partition coefficient (Wildman–Crippen LogP) is 6.12. The largest absolute Gasteiger partial charge is 0.466 e. The van der Waals surface area contributed by atoms with Gasteiger partial charge in [-0.2, -0.15) is 0 Å². The highest BCUT2D eigenvalue weighted by molar-refractivity contribution is 5.86. The molecular weight excluding hydrogens is 356 g/mol. The van der Waals surface area contributed by atoms with E-state index in [9.17, 15) is 4.79 Å². The number of hydrogen-bond acceptors (Lipinski definition) is 2. The molecule has 0 N–H and O–H groups in total. The van der Waals surface area contributed by atoms with Gasteiger partial charge < -0.3 is 4.74 Å². The van der Waals surface area contributed by atoms with E-state index >= 15 is 0 Å². The maximum atomic E-state index is 11.4. The summed E-state index contributed by atoms with van der Waals surface area (Å²) >= 11 is 0. The Morgan fingerprint density at radius 1 is 0.897 bits per heavy atom. The van der Waals surface area contributed by atoms with Crippen LogP contribution in [-0.4, -0.2) is 13.1 Å². The summed E-state index contributed by atoms with van der Waals surface area (Å²) in [6.07, 6.45) is 6.77. The fourth-order valence-corrected chi connectivity index (χ4v) is 4.48. The van der Waals surface area contributed by atoms with Gasteiger partial charge in [0.15, 0.2) is 0 Å². The van der Waals surface area contributed by atoms with Crippen LogP contribution in [0.5, 0.6) is 0 Å². The van der Waals surface area contributed by atoms with Crippen LogP contribution in [0.2, 0.25) is 0 Å². The van der Waals surface area contributed by atoms with E-state index in [0.717, 1.165) is 12.0 Å². The van der Waals surface area contributed by atoms with Crippen molar-refractivity contribution in [3.05, 3.63) is 113 Å². The molecule has 4 rings (SSSR count). The molecule has 0 heterocycles.